The van der Waals surface area contributed by atoms with E-state index in [-0.39, 0.29) is 18.0 Å². The summed E-state index contributed by atoms with van der Waals surface area (Å²) in [7, 11) is 0. The van der Waals surface area contributed by atoms with Crippen LogP contribution in [-0.2, 0) is 12.8 Å². The van der Waals surface area contributed by atoms with Gasteiger partial charge in [0.05, 0.1) is 5.69 Å². The Hall–Kier alpha value is -2.12. The fourth-order valence-electron chi connectivity index (χ4n) is 2.72. The van der Waals surface area contributed by atoms with Crippen LogP contribution in [0.5, 0.6) is 0 Å². The number of nitrogens with zero attached hydrogens (tertiary/aromatic N) is 2. The van der Waals surface area contributed by atoms with Gasteiger partial charge in [-0.15, -0.1) is 11.3 Å². The molecule has 0 saturated carbocycles. The lowest BCUT2D eigenvalue weighted by molar-refractivity contribution is 0.102. The maximum Gasteiger partial charge on any atom is 0.317 e. The second-order valence-corrected chi connectivity index (χ2v) is 7.96. The van der Waals surface area contributed by atoms with Crippen LogP contribution in [-0.4, -0.2) is 41.0 Å². The van der Waals surface area contributed by atoms with E-state index < -0.39 is 0 Å². The Kier molecular flexibility index (Phi) is 5.78. The fourth-order valence-corrected chi connectivity index (χ4v) is 3.84. The summed E-state index contributed by atoms with van der Waals surface area (Å²) in [6.07, 6.45) is 1.37. The molecule has 1 aromatic heterocycles. The van der Waals surface area contributed by atoms with Gasteiger partial charge in [-0.05, 0) is 38.1 Å². The van der Waals surface area contributed by atoms with Crippen molar-refractivity contribution in [1.82, 2.24) is 15.2 Å². The summed E-state index contributed by atoms with van der Waals surface area (Å²) in [4.78, 5) is 32.0. The molecule has 8 heteroatoms. The number of benzene rings is 1. The molecule has 0 unspecified atom stereocenters. The summed E-state index contributed by atoms with van der Waals surface area (Å²) in [5, 5.41) is 6.82. The molecule has 3 rings (SSSR count). The van der Waals surface area contributed by atoms with E-state index >= 15 is 0 Å². The van der Waals surface area contributed by atoms with Gasteiger partial charge in [0.2, 0.25) is 0 Å². The van der Waals surface area contributed by atoms with Crippen molar-refractivity contribution < 1.29 is 9.59 Å². The van der Waals surface area contributed by atoms with Crippen molar-refractivity contribution in [2.75, 3.05) is 18.4 Å². The first-order valence-electron chi connectivity index (χ1n) is 8.53. The van der Waals surface area contributed by atoms with Crippen LogP contribution in [0.4, 0.5) is 10.5 Å². The number of anilines is 1. The summed E-state index contributed by atoms with van der Waals surface area (Å²) in [6, 6.07) is 7.03. The number of hydrogen-bond donors (Lipinski definition) is 2. The van der Waals surface area contributed by atoms with Crippen molar-refractivity contribution in [2.24, 2.45) is 0 Å². The Morgan fingerprint density at radius 1 is 1.19 bits per heavy atom. The number of urea groups is 1. The number of aromatic nitrogens is 1. The molecule has 26 heavy (non-hydrogen) atoms. The average Bonchev–Trinajstić information content (AvgIpc) is 2.89. The summed E-state index contributed by atoms with van der Waals surface area (Å²) >= 11 is 7.25. The summed E-state index contributed by atoms with van der Waals surface area (Å²) < 4.78 is 0. The first-order chi connectivity index (χ1) is 12.4. The highest BCUT2D eigenvalue weighted by Crippen LogP contribution is 2.24. The van der Waals surface area contributed by atoms with Crippen LogP contribution in [0.3, 0.4) is 0 Å². The number of halogens is 1. The number of thiazole rings is 1. The van der Waals surface area contributed by atoms with E-state index in [1.54, 1.807) is 24.3 Å². The molecule has 2 N–H and O–H groups in total. The molecule has 0 fully saturated rings. The Balaban J connectivity index is 1.64. The van der Waals surface area contributed by atoms with Crippen molar-refractivity contribution in [3.63, 3.8) is 0 Å². The van der Waals surface area contributed by atoms with Gasteiger partial charge in [0.25, 0.3) is 5.91 Å². The minimum absolute atomic E-state index is 0.0455. The third-order valence-electron chi connectivity index (χ3n) is 4.00. The highest BCUT2D eigenvalue weighted by atomic mass is 35.5. The van der Waals surface area contributed by atoms with Gasteiger partial charge in [0.1, 0.15) is 0 Å². The second-order valence-electron chi connectivity index (χ2n) is 6.44. The number of rotatable bonds is 3. The minimum Gasteiger partial charge on any atom is -0.336 e. The third-order valence-corrected chi connectivity index (χ3v) is 5.41. The van der Waals surface area contributed by atoms with Gasteiger partial charge in [-0.2, -0.15) is 0 Å². The van der Waals surface area contributed by atoms with Crippen LogP contribution < -0.4 is 10.6 Å². The van der Waals surface area contributed by atoms with Gasteiger partial charge >= 0.3 is 6.03 Å². The number of hydrogen-bond acceptors (Lipinski definition) is 4. The Labute approximate surface area is 161 Å². The number of carbonyl (C=O) groups is 2. The highest BCUT2D eigenvalue weighted by Gasteiger charge is 2.23. The predicted octanol–water partition coefficient (Wildman–Crippen LogP) is 3.57. The molecule has 1 aromatic carbocycles. The van der Waals surface area contributed by atoms with Gasteiger partial charge < -0.3 is 15.5 Å². The van der Waals surface area contributed by atoms with Gasteiger partial charge in [0, 0.05) is 47.6 Å². The number of carbonyl (C=O) groups excluding carboxylic acids is 2. The van der Waals surface area contributed by atoms with Crippen LogP contribution in [0.25, 0.3) is 0 Å². The minimum atomic E-state index is -0.222. The molecular weight excluding hydrogens is 372 g/mol. The number of nitrogens with one attached hydrogen (secondary N) is 2. The van der Waals surface area contributed by atoms with E-state index in [1.165, 1.54) is 11.3 Å². The normalized spacial score (nSPS) is 13.9. The summed E-state index contributed by atoms with van der Waals surface area (Å²) in [5.41, 5.74) is 1.59. The molecule has 3 amide bonds. The zero-order valence-electron chi connectivity index (χ0n) is 14.7. The van der Waals surface area contributed by atoms with Crippen molar-refractivity contribution in [2.45, 2.75) is 32.7 Å². The third kappa shape index (κ3) is 4.53. The maximum absolute atomic E-state index is 12.4. The molecule has 1 aliphatic rings. The lowest BCUT2D eigenvalue weighted by Gasteiger charge is -2.22. The average molecular weight is 393 g/mol. The van der Waals surface area contributed by atoms with E-state index in [0.29, 0.717) is 41.6 Å². The standard InChI is InChI=1S/C18H21ClN4O2S/c1-11(2)20-18(25)23-9-7-14-15(8-10-23)26-17(22-14)16(24)21-13-5-3-12(19)4-6-13/h3-6,11H,7-10H2,1-2H3,(H,20,25)(H,21,24). The Morgan fingerprint density at radius 3 is 2.58 bits per heavy atom. The van der Waals surface area contributed by atoms with Gasteiger partial charge in [-0.1, -0.05) is 11.6 Å². The molecule has 2 aromatic rings. The highest BCUT2D eigenvalue weighted by molar-refractivity contribution is 7.13. The predicted molar refractivity (Wildman–Crippen MR) is 104 cm³/mol. The van der Waals surface area contributed by atoms with E-state index in [9.17, 15) is 9.59 Å². The summed E-state index contributed by atoms with van der Waals surface area (Å²) in [5.74, 6) is -0.222. The van der Waals surface area contributed by atoms with E-state index in [1.807, 2.05) is 18.7 Å². The molecule has 0 saturated heterocycles. The van der Waals surface area contributed by atoms with Crippen LogP contribution in [0, 0.1) is 0 Å². The summed E-state index contributed by atoms with van der Waals surface area (Å²) in [6.45, 7) is 5.12. The molecule has 0 atom stereocenters. The molecule has 0 radical (unpaired) electrons. The van der Waals surface area contributed by atoms with E-state index in [4.69, 9.17) is 11.6 Å². The second kappa shape index (κ2) is 8.05. The van der Waals surface area contributed by atoms with Crippen molar-refractivity contribution in [3.05, 3.63) is 44.9 Å². The van der Waals surface area contributed by atoms with E-state index in [0.717, 1.165) is 10.6 Å². The van der Waals surface area contributed by atoms with Crippen LogP contribution in [0.15, 0.2) is 24.3 Å². The Morgan fingerprint density at radius 2 is 1.88 bits per heavy atom. The molecule has 1 aliphatic heterocycles. The molecule has 0 bridgehead atoms. The maximum atomic E-state index is 12.4. The number of amides is 3. The molecule has 2 heterocycles. The first kappa shape index (κ1) is 18.7. The van der Waals surface area contributed by atoms with Crippen LogP contribution in [0.2, 0.25) is 5.02 Å². The van der Waals surface area contributed by atoms with Gasteiger partial charge in [-0.25, -0.2) is 9.78 Å². The van der Waals surface area contributed by atoms with E-state index in [2.05, 4.69) is 15.6 Å². The van der Waals surface area contributed by atoms with Crippen molar-refractivity contribution in [3.8, 4) is 0 Å². The largest absolute Gasteiger partial charge is 0.336 e. The molecule has 0 aliphatic carbocycles. The molecular formula is C18H21ClN4O2S. The van der Waals surface area contributed by atoms with Gasteiger partial charge in [0.15, 0.2) is 5.01 Å². The zero-order chi connectivity index (χ0) is 18.7. The zero-order valence-corrected chi connectivity index (χ0v) is 16.3. The number of fused-ring (bicyclic) bond motifs is 1. The smallest absolute Gasteiger partial charge is 0.317 e. The topological polar surface area (TPSA) is 74.3 Å². The lowest BCUT2D eigenvalue weighted by Crippen LogP contribution is -2.44. The van der Waals surface area contributed by atoms with Crippen molar-refractivity contribution in [1.29, 1.82) is 0 Å². The SMILES string of the molecule is CC(C)NC(=O)N1CCc2nc(C(=O)Nc3ccc(Cl)cc3)sc2CC1. The van der Waals surface area contributed by atoms with Crippen LogP contribution >= 0.6 is 22.9 Å². The first-order valence-corrected chi connectivity index (χ1v) is 9.73. The van der Waals surface area contributed by atoms with Crippen LogP contribution in [0.1, 0.15) is 34.2 Å². The molecule has 6 nitrogen and oxygen atoms in total. The quantitative estimate of drug-likeness (QED) is 0.838. The molecule has 138 valence electrons. The van der Waals surface area contributed by atoms with Crippen molar-refractivity contribution >= 4 is 40.6 Å². The fraction of sp³-hybridized carbons (Fsp3) is 0.389. The molecule has 0 spiro atoms. The monoisotopic (exact) mass is 392 g/mol. The van der Waals surface area contributed by atoms with Gasteiger partial charge in [-0.3, -0.25) is 4.79 Å². The lowest BCUT2D eigenvalue weighted by atomic mass is 10.2. The Bertz CT molecular complexity index is 779.